The summed E-state index contributed by atoms with van der Waals surface area (Å²) < 4.78 is 4.92. The van der Waals surface area contributed by atoms with Gasteiger partial charge in [0.05, 0.1) is 18.4 Å². The average molecular weight is 375 g/mol. The number of benzene rings is 2. The normalized spacial score (nSPS) is 10.5. The van der Waals surface area contributed by atoms with Crippen molar-refractivity contribution in [2.45, 2.75) is 19.9 Å². The van der Waals surface area contributed by atoms with Crippen LogP contribution in [0.2, 0.25) is 0 Å². The van der Waals surface area contributed by atoms with E-state index in [9.17, 15) is 4.79 Å². The van der Waals surface area contributed by atoms with Gasteiger partial charge in [-0.2, -0.15) is 0 Å². The van der Waals surface area contributed by atoms with Crippen molar-refractivity contribution in [3.05, 3.63) is 77.9 Å². The summed E-state index contributed by atoms with van der Waals surface area (Å²) in [6, 6.07) is 21.2. The van der Waals surface area contributed by atoms with E-state index in [1.54, 1.807) is 12.1 Å². The molecule has 0 saturated carbocycles. The molecule has 0 fully saturated rings. The van der Waals surface area contributed by atoms with Crippen molar-refractivity contribution in [3.63, 3.8) is 0 Å². The van der Waals surface area contributed by atoms with Gasteiger partial charge in [-0.15, -0.1) is 0 Å². The standard InChI is InChI=1S/C23H25N3O2/c1-3-13-26(16-17-9-5-4-6-10-17)22-15-18(24)14-21(25-22)19-11-7-8-12-20(19)23(27)28-2/h4-12,14-15H,3,13,16H2,1-2H3,(H2,24,25). The number of nitrogen functional groups attached to an aromatic ring is 1. The molecular formula is C23H25N3O2. The van der Waals surface area contributed by atoms with Gasteiger partial charge in [-0.25, -0.2) is 9.78 Å². The summed E-state index contributed by atoms with van der Waals surface area (Å²) in [6.07, 6.45) is 0.984. The second-order valence-corrected chi connectivity index (χ2v) is 6.59. The van der Waals surface area contributed by atoms with Gasteiger partial charge in [0.25, 0.3) is 0 Å². The largest absolute Gasteiger partial charge is 0.465 e. The van der Waals surface area contributed by atoms with Crippen LogP contribution in [-0.4, -0.2) is 24.6 Å². The minimum Gasteiger partial charge on any atom is -0.465 e. The first-order chi connectivity index (χ1) is 13.6. The van der Waals surface area contributed by atoms with Gasteiger partial charge >= 0.3 is 5.97 Å². The summed E-state index contributed by atoms with van der Waals surface area (Å²) >= 11 is 0. The number of carbonyl (C=O) groups is 1. The Balaban J connectivity index is 2.02. The second-order valence-electron chi connectivity index (χ2n) is 6.59. The van der Waals surface area contributed by atoms with Gasteiger partial charge in [0.2, 0.25) is 0 Å². The van der Waals surface area contributed by atoms with Gasteiger partial charge in [0, 0.05) is 30.4 Å². The van der Waals surface area contributed by atoms with Crippen molar-refractivity contribution in [2.75, 3.05) is 24.3 Å². The molecule has 3 rings (SSSR count). The van der Waals surface area contributed by atoms with Crippen LogP contribution in [0.5, 0.6) is 0 Å². The second kappa shape index (κ2) is 9.04. The highest BCUT2D eigenvalue weighted by Gasteiger charge is 2.16. The molecular weight excluding hydrogens is 350 g/mol. The number of nitrogens with two attached hydrogens (primary N) is 1. The summed E-state index contributed by atoms with van der Waals surface area (Å²) in [7, 11) is 1.38. The number of nitrogens with zero attached hydrogens (tertiary/aromatic N) is 2. The third-order valence-corrected chi connectivity index (χ3v) is 4.48. The lowest BCUT2D eigenvalue weighted by Crippen LogP contribution is -2.24. The lowest BCUT2D eigenvalue weighted by atomic mass is 10.0. The molecule has 28 heavy (non-hydrogen) atoms. The van der Waals surface area contributed by atoms with Gasteiger partial charge in [0.1, 0.15) is 5.82 Å². The molecule has 0 aliphatic heterocycles. The summed E-state index contributed by atoms with van der Waals surface area (Å²) in [5.74, 6) is 0.399. The van der Waals surface area contributed by atoms with Crippen LogP contribution in [0.4, 0.5) is 11.5 Å². The van der Waals surface area contributed by atoms with Crippen LogP contribution in [0, 0.1) is 0 Å². The quantitative estimate of drug-likeness (QED) is 0.614. The van der Waals surface area contributed by atoms with E-state index in [0.717, 1.165) is 25.3 Å². The number of esters is 1. The average Bonchev–Trinajstić information content (AvgIpc) is 2.73. The predicted octanol–water partition coefficient (Wildman–Crippen LogP) is 4.53. The smallest absolute Gasteiger partial charge is 0.338 e. The molecule has 3 aromatic rings. The summed E-state index contributed by atoms with van der Waals surface area (Å²) in [4.78, 5) is 19.2. The van der Waals surface area contributed by atoms with E-state index < -0.39 is 5.97 Å². The fourth-order valence-corrected chi connectivity index (χ4v) is 3.18. The molecule has 5 nitrogen and oxygen atoms in total. The number of hydrogen-bond donors (Lipinski definition) is 1. The van der Waals surface area contributed by atoms with E-state index in [0.29, 0.717) is 22.5 Å². The number of anilines is 2. The Hall–Kier alpha value is -3.34. The molecule has 0 aliphatic carbocycles. The van der Waals surface area contributed by atoms with Crippen LogP contribution in [0.15, 0.2) is 66.7 Å². The van der Waals surface area contributed by atoms with Crippen molar-refractivity contribution in [2.24, 2.45) is 0 Å². The molecule has 144 valence electrons. The van der Waals surface area contributed by atoms with Gasteiger partial charge < -0.3 is 15.4 Å². The Labute approximate surface area is 165 Å². The predicted molar refractivity (Wildman–Crippen MR) is 113 cm³/mol. The third-order valence-electron chi connectivity index (χ3n) is 4.48. The highest BCUT2D eigenvalue weighted by atomic mass is 16.5. The van der Waals surface area contributed by atoms with Crippen LogP contribution in [0.3, 0.4) is 0 Å². The van der Waals surface area contributed by atoms with Crippen molar-refractivity contribution < 1.29 is 9.53 Å². The van der Waals surface area contributed by atoms with Crippen molar-refractivity contribution >= 4 is 17.5 Å². The first kappa shape index (κ1) is 19.4. The lowest BCUT2D eigenvalue weighted by molar-refractivity contribution is 0.0601. The summed E-state index contributed by atoms with van der Waals surface area (Å²) in [6.45, 7) is 3.73. The number of pyridine rings is 1. The fraction of sp³-hybridized carbons (Fsp3) is 0.217. The SMILES string of the molecule is CCCN(Cc1ccccc1)c1cc(N)cc(-c2ccccc2C(=O)OC)n1. The van der Waals surface area contributed by atoms with Crippen molar-refractivity contribution in [1.82, 2.24) is 4.98 Å². The number of carbonyl (C=O) groups excluding carboxylic acids is 1. The topological polar surface area (TPSA) is 68.5 Å². The number of rotatable bonds is 7. The lowest BCUT2D eigenvalue weighted by Gasteiger charge is -2.24. The van der Waals surface area contributed by atoms with E-state index in [1.807, 2.05) is 42.5 Å². The number of ether oxygens (including phenoxy) is 1. The van der Waals surface area contributed by atoms with E-state index in [4.69, 9.17) is 15.5 Å². The van der Waals surface area contributed by atoms with Crippen LogP contribution < -0.4 is 10.6 Å². The fourth-order valence-electron chi connectivity index (χ4n) is 3.18. The Morgan fingerprint density at radius 2 is 1.79 bits per heavy atom. The maximum absolute atomic E-state index is 12.2. The molecule has 0 spiro atoms. The number of hydrogen-bond acceptors (Lipinski definition) is 5. The molecule has 5 heteroatoms. The summed E-state index contributed by atoms with van der Waals surface area (Å²) in [5.41, 5.74) is 9.85. The van der Waals surface area contributed by atoms with E-state index >= 15 is 0 Å². The van der Waals surface area contributed by atoms with E-state index in [-0.39, 0.29) is 0 Å². The molecule has 0 unspecified atom stereocenters. The van der Waals surface area contributed by atoms with Crippen LogP contribution in [0.25, 0.3) is 11.3 Å². The minimum atomic E-state index is -0.393. The van der Waals surface area contributed by atoms with Crippen LogP contribution in [-0.2, 0) is 11.3 Å². The Kier molecular flexibility index (Phi) is 6.27. The van der Waals surface area contributed by atoms with E-state index in [2.05, 4.69) is 24.0 Å². The van der Waals surface area contributed by atoms with Crippen LogP contribution >= 0.6 is 0 Å². The molecule has 1 heterocycles. The zero-order valence-corrected chi connectivity index (χ0v) is 16.3. The first-order valence-corrected chi connectivity index (χ1v) is 9.36. The molecule has 0 amide bonds. The molecule has 0 atom stereocenters. The maximum Gasteiger partial charge on any atom is 0.338 e. The number of aromatic nitrogens is 1. The first-order valence-electron chi connectivity index (χ1n) is 9.36. The highest BCUT2D eigenvalue weighted by molar-refractivity contribution is 5.97. The molecule has 1 aromatic heterocycles. The zero-order valence-electron chi connectivity index (χ0n) is 16.3. The Morgan fingerprint density at radius 3 is 2.50 bits per heavy atom. The van der Waals surface area contributed by atoms with Gasteiger partial charge in [-0.05, 0) is 24.1 Å². The molecule has 0 aliphatic rings. The molecule has 0 saturated heterocycles. The maximum atomic E-state index is 12.2. The van der Waals surface area contributed by atoms with Gasteiger partial charge in [-0.1, -0.05) is 55.5 Å². The molecule has 2 aromatic carbocycles. The molecule has 2 N–H and O–H groups in total. The zero-order chi connectivity index (χ0) is 19.9. The van der Waals surface area contributed by atoms with E-state index in [1.165, 1.54) is 12.7 Å². The summed E-state index contributed by atoms with van der Waals surface area (Å²) in [5, 5.41) is 0. The van der Waals surface area contributed by atoms with Crippen molar-refractivity contribution in [1.29, 1.82) is 0 Å². The minimum absolute atomic E-state index is 0.393. The molecule has 0 bridgehead atoms. The van der Waals surface area contributed by atoms with Gasteiger partial charge in [0.15, 0.2) is 0 Å². The van der Waals surface area contributed by atoms with Crippen LogP contribution in [0.1, 0.15) is 29.3 Å². The monoisotopic (exact) mass is 375 g/mol. The number of methoxy groups -OCH3 is 1. The Morgan fingerprint density at radius 1 is 1.07 bits per heavy atom. The third kappa shape index (κ3) is 4.49. The molecule has 0 radical (unpaired) electrons. The van der Waals surface area contributed by atoms with Crippen molar-refractivity contribution in [3.8, 4) is 11.3 Å². The highest BCUT2D eigenvalue weighted by Crippen LogP contribution is 2.28. The van der Waals surface area contributed by atoms with Gasteiger partial charge in [-0.3, -0.25) is 0 Å². The Bertz CT molecular complexity index is 942.